The van der Waals surface area contributed by atoms with E-state index in [1.54, 1.807) is 4.68 Å². The summed E-state index contributed by atoms with van der Waals surface area (Å²) >= 11 is 6.11. The summed E-state index contributed by atoms with van der Waals surface area (Å²) < 4.78 is 7.69. The van der Waals surface area contributed by atoms with Gasteiger partial charge in [-0.25, -0.2) is 9.97 Å². The third-order valence-corrected chi connectivity index (χ3v) is 3.32. The van der Waals surface area contributed by atoms with Gasteiger partial charge in [-0.15, -0.1) is 0 Å². The first kappa shape index (κ1) is 13.8. The molecular weight excluding hydrogens is 264 g/mol. The van der Waals surface area contributed by atoms with E-state index in [2.05, 4.69) is 22.0 Å². The van der Waals surface area contributed by atoms with E-state index in [1.165, 1.54) is 6.33 Å². The summed E-state index contributed by atoms with van der Waals surface area (Å²) in [6.45, 7) is 5.94. The highest BCUT2D eigenvalue weighted by atomic mass is 35.5. The van der Waals surface area contributed by atoms with Crippen LogP contribution in [0.3, 0.4) is 0 Å². The van der Waals surface area contributed by atoms with Gasteiger partial charge in [-0.2, -0.15) is 5.10 Å². The molecule has 0 N–H and O–H groups in total. The molecule has 0 radical (unpaired) electrons. The molecule has 0 fully saturated rings. The lowest BCUT2D eigenvalue weighted by Gasteiger charge is -2.10. The van der Waals surface area contributed by atoms with Gasteiger partial charge in [0.25, 0.3) is 0 Å². The summed E-state index contributed by atoms with van der Waals surface area (Å²) in [5.41, 5.74) is 2.63. The first-order chi connectivity index (χ1) is 9.04. The normalized spacial score (nSPS) is 10.8. The first-order valence-electron chi connectivity index (χ1n) is 6.22. The van der Waals surface area contributed by atoms with Crippen LogP contribution in [-0.4, -0.2) is 19.7 Å². The Kier molecular flexibility index (Phi) is 4.04. The molecule has 19 heavy (non-hydrogen) atoms. The second-order valence-corrected chi connectivity index (χ2v) is 4.78. The maximum Gasteiger partial charge on any atom is 0.227 e. The minimum Gasteiger partial charge on any atom is -0.435 e. The van der Waals surface area contributed by atoms with E-state index in [-0.39, 0.29) is 0 Å². The Morgan fingerprint density at radius 3 is 2.63 bits per heavy atom. The van der Waals surface area contributed by atoms with Crippen molar-refractivity contribution in [2.75, 3.05) is 0 Å². The second kappa shape index (κ2) is 5.57. The lowest BCUT2D eigenvalue weighted by Crippen LogP contribution is -1.99. The molecule has 0 spiro atoms. The predicted molar refractivity (Wildman–Crippen MR) is 73.8 cm³/mol. The molecule has 0 aliphatic heterocycles. The number of aryl methyl sites for hydroxylation is 2. The average Bonchev–Trinajstić information content (AvgIpc) is 2.60. The Morgan fingerprint density at radius 1 is 1.32 bits per heavy atom. The van der Waals surface area contributed by atoms with E-state index >= 15 is 0 Å². The van der Waals surface area contributed by atoms with Crippen LogP contribution in [0.4, 0.5) is 0 Å². The van der Waals surface area contributed by atoms with Gasteiger partial charge in [-0.1, -0.05) is 24.9 Å². The lowest BCUT2D eigenvalue weighted by molar-refractivity contribution is 0.446. The summed E-state index contributed by atoms with van der Waals surface area (Å²) in [5, 5.41) is 4.77. The summed E-state index contributed by atoms with van der Waals surface area (Å²) in [4.78, 5) is 8.19. The zero-order chi connectivity index (χ0) is 14.0. The van der Waals surface area contributed by atoms with Crippen LogP contribution in [0.5, 0.6) is 11.6 Å². The van der Waals surface area contributed by atoms with Crippen LogP contribution in [0.15, 0.2) is 6.33 Å². The summed E-state index contributed by atoms with van der Waals surface area (Å²) in [6, 6.07) is 0. The van der Waals surface area contributed by atoms with Crippen LogP contribution in [0.1, 0.15) is 30.3 Å². The van der Waals surface area contributed by atoms with Crippen LogP contribution in [0.25, 0.3) is 0 Å². The molecule has 5 nitrogen and oxygen atoms in total. The van der Waals surface area contributed by atoms with E-state index < -0.39 is 0 Å². The fourth-order valence-corrected chi connectivity index (χ4v) is 2.14. The molecule has 0 saturated carbocycles. The van der Waals surface area contributed by atoms with Crippen LogP contribution in [-0.2, 0) is 13.5 Å². The lowest BCUT2D eigenvalue weighted by atomic mass is 10.2. The Bertz CT molecular complexity index is 595. The molecule has 2 aromatic rings. The minimum atomic E-state index is 0.450. The van der Waals surface area contributed by atoms with Gasteiger partial charge >= 0.3 is 0 Å². The van der Waals surface area contributed by atoms with Gasteiger partial charge in [-0.05, 0) is 20.3 Å². The smallest absolute Gasteiger partial charge is 0.227 e. The highest BCUT2D eigenvalue weighted by molar-refractivity contribution is 6.30. The fraction of sp³-hybridized carbons (Fsp3) is 0.462. The van der Waals surface area contributed by atoms with Gasteiger partial charge in [0.05, 0.1) is 11.3 Å². The SMILES string of the molecule is CCCc1c(Cl)ncnc1Oc1c(C)nn(C)c1C. The van der Waals surface area contributed by atoms with Crippen molar-refractivity contribution in [1.82, 2.24) is 19.7 Å². The minimum absolute atomic E-state index is 0.450. The molecule has 0 aliphatic carbocycles. The molecule has 2 aromatic heterocycles. The van der Waals surface area contributed by atoms with Gasteiger partial charge in [0, 0.05) is 7.05 Å². The number of ether oxygens (including phenoxy) is 1. The third-order valence-electron chi connectivity index (χ3n) is 2.99. The standard InChI is InChI=1S/C13H17ClN4O/c1-5-6-10-12(14)15-7-16-13(10)19-11-8(2)17-18(4)9(11)3/h7H,5-6H2,1-4H3. The van der Waals surface area contributed by atoms with Gasteiger partial charge in [0.1, 0.15) is 17.2 Å². The Labute approximate surface area is 117 Å². The molecule has 0 unspecified atom stereocenters. The van der Waals surface area contributed by atoms with Crippen molar-refractivity contribution in [3.63, 3.8) is 0 Å². The number of rotatable bonds is 4. The molecule has 0 saturated heterocycles. The topological polar surface area (TPSA) is 52.8 Å². The summed E-state index contributed by atoms with van der Waals surface area (Å²) in [6.07, 6.45) is 3.15. The van der Waals surface area contributed by atoms with Crippen molar-refractivity contribution in [2.45, 2.75) is 33.6 Å². The van der Waals surface area contributed by atoms with Crippen molar-refractivity contribution in [3.05, 3.63) is 28.4 Å². The Balaban J connectivity index is 2.40. The van der Waals surface area contributed by atoms with E-state index in [1.807, 2.05) is 20.9 Å². The number of hydrogen-bond acceptors (Lipinski definition) is 4. The van der Waals surface area contributed by atoms with Gasteiger partial charge in [0.15, 0.2) is 5.75 Å². The molecule has 6 heteroatoms. The Morgan fingerprint density at radius 2 is 2.05 bits per heavy atom. The number of aromatic nitrogens is 4. The molecular formula is C13H17ClN4O. The van der Waals surface area contributed by atoms with Crippen molar-refractivity contribution in [1.29, 1.82) is 0 Å². The van der Waals surface area contributed by atoms with E-state index in [4.69, 9.17) is 16.3 Å². The van der Waals surface area contributed by atoms with Crippen LogP contribution in [0, 0.1) is 13.8 Å². The molecule has 0 atom stereocenters. The van der Waals surface area contributed by atoms with Crippen molar-refractivity contribution in [3.8, 4) is 11.6 Å². The highest BCUT2D eigenvalue weighted by Gasteiger charge is 2.16. The first-order valence-corrected chi connectivity index (χ1v) is 6.59. The molecule has 0 bridgehead atoms. The van der Waals surface area contributed by atoms with Crippen molar-refractivity contribution in [2.24, 2.45) is 7.05 Å². The third kappa shape index (κ3) is 2.71. The number of nitrogens with zero attached hydrogens (tertiary/aromatic N) is 4. The molecule has 2 rings (SSSR count). The zero-order valence-electron chi connectivity index (χ0n) is 11.6. The number of halogens is 1. The van der Waals surface area contributed by atoms with E-state index in [0.29, 0.717) is 11.0 Å². The predicted octanol–water partition coefficient (Wildman–Crippen LogP) is 3.23. The maximum atomic E-state index is 6.11. The van der Waals surface area contributed by atoms with Crippen LogP contribution >= 0.6 is 11.6 Å². The van der Waals surface area contributed by atoms with Gasteiger partial charge in [-0.3, -0.25) is 4.68 Å². The maximum absolute atomic E-state index is 6.11. The monoisotopic (exact) mass is 280 g/mol. The average molecular weight is 281 g/mol. The van der Waals surface area contributed by atoms with E-state index in [0.717, 1.165) is 35.5 Å². The molecule has 0 aliphatic rings. The molecule has 0 aromatic carbocycles. The Hall–Kier alpha value is -1.62. The summed E-state index contributed by atoms with van der Waals surface area (Å²) in [7, 11) is 1.88. The van der Waals surface area contributed by atoms with E-state index in [9.17, 15) is 0 Å². The molecule has 0 amide bonds. The molecule has 2 heterocycles. The van der Waals surface area contributed by atoms with Gasteiger partial charge < -0.3 is 4.74 Å². The largest absolute Gasteiger partial charge is 0.435 e. The zero-order valence-corrected chi connectivity index (χ0v) is 12.3. The fourth-order valence-electron chi connectivity index (χ4n) is 1.92. The van der Waals surface area contributed by atoms with Crippen molar-refractivity contribution >= 4 is 11.6 Å². The second-order valence-electron chi connectivity index (χ2n) is 4.42. The number of hydrogen-bond donors (Lipinski definition) is 0. The molecule has 102 valence electrons. The van der Waals surface area contributed by atoms with Crippen LogP contribution < -0.4 is 4.74 Å². The summed E-state index contributed by atoms with van der Waals surface area (Å²) in [5.74, 6) is 1.25. The quantitative estimate of drug-likeness (QED) is 0.807. The highest BCUT2D eigenvalue weighted by Crippen LogP contribution is 2.31. The van der Waals surface area contributed by atoms with Crippen LogP contribution in [0.2, 0.25) is 5.15 Å². The van der Waals surface area contributed by atoms with Gasteiger partial charge in [0.2, 0.25) is 5.88 Å². The van der Waals surface area contributed by atoms with Crippen molar-refractivity contribution < 1.29 is 4.74 Å².